The van der Waals surface area contributed by atoms with Gasteiger partial charge in [0.25, 0.3) is 0 Å². The second kappa shape index (κ2) is 9.57. The third kappa shape index (κ3) is 8.30. The summed E-state index contributed by atoms with van der Waals surface area (Å²) in [4.78, 5) is 19.2. The van der Waals surface area contributed by atoms with Crippen LogP contribution in [0.1, 0.15) is 32.6 Å². The summed E-state index contributed by atoms with van der Waals surface area (Å²) in [6, 6.07) is 0.562. The first-order valence-electron chi connectivity index (χ1n) is 5.29. The van der Waals surface area contributed by atoms with Gasteiger partial charge in [0, 0.05) is 29.9 Å². The molecule has 7 heteroatoms. The Morgan fingerprint density at radius 2 is 1.35 bits per heavy atom. The maximum atomic E-state index is 9.61. The van der Waals surface area contributed by atoms with E-state index in [-0.39, 0.29) is 33.1 Å². The van der Waals surface area contributed by atoms with Crippen LogP contribution in [0.15, 0.2) is 0 Å². The van der Waals surface area contributed by atoms with Gasteiger partial charge in [-0.2, -0.15) is 0 Å². The molecular formula is C10H18N2O4Pt. The van der Waals surface area contributed by atoms with E-state index in [0.29, 0.717) is 0 Å². The van der Waals surface area contributed by atoms with Gasteiger partial charge in [-0.1, -0.05) is 19.8 Å². The molecule has 1 aliphatic rings. The Bertz CT molecular complexity index is 226. The Hall–Kier alpha value is -0.452. The van der Waals surface area contributed by atoms with Crippen LogP contribution in [-0.2, 0) is 30.7 Å². The molecule has 0 saturated heterocycles. The molecule has 0 aliphatic heterocycles. The summed E-state index contributed by atoms with van der Waals surface area (Å²) >= 11 is 0. The fraction of sp³-hybridized carbons (Fsp3) is 0.800. The van der Waals surface area contributed by atoms with Crippen LogP contribution in [0.2, 0.25) is 0 Å². The minimum Gasteiger partial charge on any atom is -0.549 e. The number of rotatable bonds is 2. The van der Waals surface area contributed by atoms with Crippen molar-refractivity contribution in [2.75, 3.05) is 0 Å². The maximum absolute atomic E-state index is 9.61. The first kappa shape index (κ1) is 18.9. The van der Waals surface area contributed by atoms with E-state index in [9.17, 15) is 19.8 Å². The van der Waals surface area contributed by atoms with Gasteiger partial charge < -0.3 is 31.3 Å². The molecule has 0 amide bonds. The maximum Gasteiger partial charge on any atom is 2.00 e. The van der Waals surface area contributed by atoms with E-state index >= 15 is 0 Å². The molecule has 4 N–H and O–H groups in total. The minimum absolute atomic E-state index is 0. The monoisotopic (exact) mass is 425 g/mol. The van der Waals surface area contributed by atoms with Gasteiger partial charge in [-0.15, -0.1) is 0 Å². The van der Waals surface area contributed by atoms with E-state index in [2.05, 4.69) is 0 Å². The van der Waals surface area contributed by atoms with Crippen molar-refractivity contribution in [3.05, 3.63) is 0 Å². The number of carbonyl (C=O) groups is 2. The molecule has 0 aromatic rings. The third-order valence-electron chi connectivity index (χ3n) is 2.58. The van der Waals surface area contributed by atoms with E-state index in [0.717, 1.165) is 19.8 Å². The predicted octanol–water partition coefficient (Wildman–Crippen LogP) is -2.67. The molecule has 1 saturated carbocycles. The molecule has 6 nitrogen and oxygen atoms in total. The van der Waals surface area contributed by atoms with E-state index in [4.69, 9.17) is 11.5 Å². The summed E-state index contributed by atoms with van der Waals surface area (Å²) in [5, 5.41) is 19.2. The van der Waals surface area contributed by atoms with E-state index in [1.807, 2.05) is 0 Å². The summed E-state index contributed by atoms with van der Waals surface area (Å²) in [5.74, 6) is -4.76. The van der Waals surface area contributed by atoms with Gasteiger partial charge >= 0.3 is 21.1 Å². The van der Waals surface area contributed by atoms with Crippen molar-refractivity contribution in [1.82, 2.24) is 0 Å². The van der Waals surface area contributed by atoms with Crippen LogP contribution in [-0.4, -0.2) is 24.0 Å². The number of hydrogen-bond acceptors (Lipinski definition) is 6. The SMILES string of the molecule is CC(C(=O)[O-])C(=O)[O-].NC1CCCCC1N.[Pt+2]. The Labute approximate surface area is 115 Å². The Morgan fingerprint density at radius 1 is 1.06 bits per heavy atom. The number of carbonyl (C=O) groups excluding carboxylic acids is 2. The van der Waals surface area contributed by atoms with Gasteiger partial charge in [0.05, 0.1) is 0 Å². The number of nitrogens with two attached hydrogens (primary N) is 2. The molecule has 102 valence electrons. The van der Waals surface area contributed by atoms with Crippen LogP contribution in [0.4, 0.5) is 0 Å². The standard InChI is InChI=1S/C6H14N2.C4H6O4.Pt/c7-5-3-1-2-4-6(5)8;1-2(3(5)6)4(7)8;/h5-6H,1-4,7-8H2;2H,1H3,(H,5,6)(H,7,8);/q;;+2/p-2. The Balaban J connectivity index is 0. The van der Waals surface area contributed by atoms with Crippen molar-refractivity contribution in [2.24, 2.45) is 17.4 Å². The van der Waals surface area contributed by atoms with E-state index in [1.54, 1.807) is 0 Å². The van der Waals surface area contributed by atoms with Gasteiger partial charge in [0.1, 0.15) is 0 Å². The van der Waals surface area contributed by atoms with Crippen molar-refractivity contribution in [3.8, 4) is 0 Å². The molecule has 2 unspecified atom stereocenters. The normalized spacial score (nSPS) is 23.1. The summed E-state index contributed by atoms with van der Waals surface area (Å²) in [6.07, 6.45) is 4.80. The first-order chi connectivity index (χ1) is 7.36. The van der Waals surface area contributed by atoms with E-state index < -0.39 is 17.9 Å². The second-order valence-corrected chi connectivity index (χ2v) is 3.97. The summed E-state index contributed by atoms with van der Waals surface area (Å²) in [6.45, 7) is 0.991. The zero-order valence-electron chi connectivity index (χ0n) is 9.66. The molecule has 1 aliphatic carbocycles. The second-order valence-electron chi connectivity index (χ2n) is 3.97. The average molecular weight is 425 g/mol. The fourth-order valence-electron chi connectivity index (χ4n) is 1.28. The van der Waals surface area contributed by atoms with Gasteiger partial charge in [-0.25, -0.2) is 0 Å². The van der Waals surface area contributed by atoms with Crippen molar-refractivity contribution < 1.29 is 40.9 Å². The smallest absolute Gasteiger partial charge is 0.549 e. The van der Waals surface area contributed by atoms with Gasteiger partial charge in [-0.05, 0) is 12.8 Å². The van der Waals surface area contributed by atoms with Crippen molar-refractivity contribution in [3.63, 3.8) is 0 Å². The Kier molecular flexibility index (Phi) is 10.6. The molecule has 0 aromatic heterocycles. The molecule has 17 heavy (non-hydrogen) atoms. The van der Waals surface area contributed by atoms with Crippen LogP contribution in [0.5, 0.6) is 0 Å². The topological polar surface area (TPSA) is 132 Å². The van der Waals surface area contributed by atoms with Crippen molar-refractivity contribution in [2.45, 2.75) is 44.7 Å². The third-order valence-corrected chi connectivity index (χ3v) is 2.58. The summed E-state index contributed by atoms with van der Waals surface area (Å²) < 4.78 is 0. The number of carboxylic acids is 2. The van der Waals surface area contributed by atoms with Crippen LogP contribution in [0.3, 0.4) is 0 Å². The molecule has 1 rings (SSSR count). The largest absolute Gasteiger partial charge is 2.00 e. The quantitative estimate of drug-likeness (QED) is 0.464. The molecule has 0 heterocycles. The zero-order chi connectivity index (χ0) is 12.7. The van der Waals surface area contributed by atoms with E-state index in [1.165, 1.54) is 12.8 Å². The minimum atomic E-state index is -1.62. The number of carboxylic acid groups (broad SMARTS) is 2. The molecule has 0 bridgehead atoms. The summed E-state index contributed by atoms with van der Waals surface area (Å²) in [5.41, 5.74) is 11.3. The van der Waals surface area contributed by atoms with Crippen LogP contribution >= 0.6 is 0 Å². The summed E-state index contributed by atoms with van der Waals surface area (Å²) in [7, 11) is 0. The van der Waals surface area contributed by atoms with Gasteiger partial charge in [0.15, 0.2) is 0 Å². The molecule has 2 atom stereocenters. The number of aliphatic carboxylic acids is 2. The molecule has 0 radical (unpaired) electrons. The molecule has 0 aromatic carbocycles. The van der Waals surface area contributed by atoms with Gasteiger partial charge in [0.2, 0.25) is 0 Å². The fourth-order valence-corrected chi connectivity index (χ4v) is 1.28. The average Bonchev–Trinajstić information content (AvgIpc) is 2.22. The van der Waals surface area contributed by atoms with Gasteiger partial charge in [-0.3, -0.25) is 0 Å². The predicted molar refractivity (Wildman–Crippen MR) is 53.6 cm³/mol. The Morgan fingerprint density at radius 3 is 1.47 bits per heavy atom. The molecule has 0 spiro atoms. The molecule has 1 fully saturated rings. The van der Waals surface area contributed by atoms with Crippen molar-refractivity contribution >= 4 is 11.9 Å². The van der Waals surface area contributed by atoms with Crippen LogP contribution in [0, 0.1) is 5.92 Å². The van der Waals surface area contributed by atoms with Crippen molar-refractivity contribution in [1.29, 1.82) is 0 Å². The zero-order valence-corrected chi connectivity index (χ0v) is 11.9. The van der Waals surface area contributed by atoms with Crippen LogP contribution in [0.25, 0.3) is 0 Å². The number of hydrogen-bond donors (Lipinski definition) is 2. The first-order valence-corrected chi connectivity index (χ1v) is 5.29. The van der Waals surface area contributed by atoms with Crippen LogP contribution < -0.4 is 21.7 Å². The molecular weight excluding hydrogens is 407 g/mol.